The fourth-order valence-corrected chi connectivity index (χ4v) is 6.33. The molecule has 1 N–H and O–H groups in total. The average Bonchev–Trinajstić information content (AvgIpc) is 3.05. The van der Waals surface area contributed by atoms with Crippen molar-refractivity contribution >= 4 is 26.0 Å². The molecule has 11 heteroatoms. The Hall–Kier alpha value is -1.69. The maximum absolute atomic E-state index is 13.0. The normalized spacial score (nSPS) is 19.6. The van der Waals surface area contributed by atoms with E-state index in [1.165, 1.54) is 29.6 Å². The number of nitrogens with one attached hydrogen (secondary N) is 1. The maximum atomic E-state index is 13.0. The lowest BCUT2D eigenvalue weighted by Crippen LogP contribution is -2.37. The Morgan fingerprint density at radius 3 is 2.37 bits per heavy atom. The van der Waals surface area contributed by atoms with Crippen molar-refractivity contribution in [3.05, 3.63) is 23.8 Å². The first-order valence-corrected chi connectivity index (χ1v) is 13.4. The molecule has 2 fully saturated rings. The van der Waals surface area contributed by atoms with E-state index in [2.05, 4.69) is 4.72 Å². The minimum absolute atomic E-state index is 0.0599. The van der Waals surface area contributed by atoms with E-state index in [0.717, 1.165) is 31.9 Å². The zero-order valence-corrected chi connectivity index (χ0v) is 19.0. The van der Waals surface area contributed by atoms with E-state index in [9.17, 15) is 21.6 Å². The van der Waals surface area contributed by atoms with Gasteiger partial charge in [-0.2, -0.15) is 0 Å². The summed E-state index contributed by atoms with van der Waals surface area (Å²) in [4.78, 5) is 14.5. The molecule has 1 heterocycles. The van der Waals surface area contributed by atoms with E-state index >= 15 is 0 Å². The number of amides is 1. The van der Waals surface area contributed by atoms with Crippen molar-refractivity contribution in [1.82, 2.24) is 13.9 Å². The molecule has 0 radical (unpaired) electrons. The van der Waals surface area contributed by atoms with Crippen molar-refractivity contribution < 1.29 is 26.4 Å². The van der Waals surface area contributed by atoms with E-state index in [-0.39, 0.29) is 41.2 Å². The van der Waals surface area contributed by atoms with Crippen LogP contribution in [0.5, 0.6) is 5.75 Å². The van der Waals surface area contributed by atoms with Gasteiger partial charge in [0.2, 0.25) is 20.0 Å². The van der Waals surface area contributed by atoms with E-state index in [1.54, 1.807) is 4.90 Å². The topological polar surface area (TPSA) is 113 Å². The van der Waals surface area contributed by atoms with Crippen LogP contribution in [0.15, 0.2) is 23.1 Å². The molecule has 1 aromatic rings. The monoisotopic (exact) mass is 459 g/mol. The molecule has 9 nitrogen and oxygen atoms in total. The smallest absolute Gasteiger partial charge is 0.253 e. The quantitative estimate of drug-likeness (QED) is 0.680. The molecule has 2 aliphatic rings. The van der Waals surface area contributed by atoms with Crippen LogP contribution < -0.4 is 9.46 Å². The number of carbonyl (C=O) groups excluding carboxylic acids is 1. The van der Waals surface area contributed by atoms with Crippen LogP contribution in [-0.2, 0) is 20.0 Å². The van der Waals surface area contributed by atoms with Gasteiger partial charge in [0.05, 0.1) is 13.4 Å². The lowest BCUT2D eigenvalue weighted by atomic mass is 10.2. The summed E-state index contributed by atoms with van der Waals surface area (Å²) in [5.74, 6) is -0.151. The first kappa shape index (κ1) is 23.0. The van der Waals surface area contributed by atoms with Crippen molar-refractivity contribution in [1.29, 1.82) is 0 Å². The highest BCUT2D eigenvalue weighted by Gasteiger charge is 2.29. The Labute approximate surface area is 178 Å². The van der Waals surface area contributed by atoms with Crippen LogP contribution in [0, 0.1) is 0 Å². The van der Waals surface area contributed by atoms with E-state index < -0.39 is 20.0 Å². The molecule has 168 valence electrons. The van der Waals surface area contributed by atoms with Crippen molar-refractivity contribution in [2.24, 2.45) is 0 Å². The average molecular weight is 460 g/mol. The van der Waals surface area contributed by atoms with Crippen LogP contribution in [0.25, 0.3) is 0 Å². The molecule has 0 bridgehead atoms. The summed E-state index contributed by atoms with van der Waals surface area (Å²) >= 11 is 0. The molecule has 0 atom stereocenters. The predicted molar refractivity (Wildman–Crippen MR) is 113 cm³/mol. The van der Waals surface area contributed by atoms with Gasteiger partial charge in [0.15, 0.2) is 0 Å². The van der Waals surface area contributed by atoms with Gasteiger partial charge in [-0.05, 0) is 37.5 Å². The second-order valence-electron chi connectivity index (χ2n) is 7.78. The molecule has 1 saturated heterocycles. The van der Waals surface area contributed by atoms with Crippen LogP contribution in [0.1, 0.15) is 42.5 Å². The van der Waals surface area contributed by atoms with Gasteiger partial charge in [-0.3, -0.25) is 4.79 Å². The minimum Gasteiger partial charge on any atom is -0.495 e. The number of ether oxygens (including phenoxy) is 1. The number of hydrogen-bond donors (Lipinski definition) is 1. The Bertz CT molecular complexity index is 988. The number of sulfonamides is 2. The van der Waals surface area contributed by atoms with E-state index in [4.69, 9.17) is 4.74 Å². The van der Waals surface area contributed by atoms with Gasteiger partial charge in [-0.1, -0.05) is 12.8 Å². The van der Waals surface area contributed by atoms with Crippen molar-refractivity contribution in [3.63, 3.8) is 0 Å². The molecule has 1 aliphatic carbocycles. The second kappa shape index (κ2) is 9.21. The number of benzene rings is 1. The highest BCUT2D eigenvalue weighted by atomic mass is 32.2. The van der Waals surface area contributed by atoms with E-state index in [1.807, 2.05) is 0 Å². The van der Waals surface area contributed by atoms with Gasteiger partial charge in [0.25, 0.3) is 5.91 Å². The zero-order valence-electron chi connectivity index (χ0n) is 17.3. The van der Waals surface area contributed by atoms with Crippen LogP contribution >= 0.6 is 0 Å². The summed E-state index contributed by atoms with van der Waals surface area (Å²) in [6.07, 6.45) is 5.24. The SMILES string of the molecule is COc1ccc(C(=O)N2CCCN(S(C)(=O)=O)CC2)cc1S(=O)(=O)NC1CCCC1. The number of rotatable bonds is 6. The second-order valence-corrected chi connectivity index (χ2v) is 11.4. The van der Waals surface area contributed by atoms with Crippen molar-refractivity contribution in [3.8, 4) is 5.75 Å². The first-order chi connectivity index (χ1) is 14.1. The van der Waals surface area contributed by atoms with Crippen LogP contribution in [0.3, 0.4) is 0 Å². The largest absolute Gasteiger partial charge is 0.495 e. The summed E-state index contributed by atoms with van der Waals surface area (Å²) in [5, 5.41) is 0. The molecule has 0 spiro atoms. The summed E-state index contributed by atoms with van der Waals surface area (Å²) < 4.78 is 58.8. The highest BCUT2D eigenvalue weighted by molar-refractivity contribution is 7.89. The lowest BCUT2D eigenvalue weighted by Gasteiger charge is -2.22. The van der Waals surface area contributed by atoms with Crippen LogP contribution in [0.4, 0.5) is 0 Å². The van der Waals surface area contributed by atoms with Crippen molar-refractivity contribution in [2.75, 3.05) is 39.5 Å². The Morgan fingerprint density at radius 1 is 1.03 bits per heavy atom. The van der Waals surface area contributed by atoms with Crippen molar-refractivity contribution in [2.45, 2.75) is 43.0 Å². The Balaban J connectivity index is 1.82. The summed E-state index contributed by atoms with van der Waals surface area (Å²) in [6, 6.07) is 4.26. The predicted octanol–water partition coefficient (Wildman–Crippen LogP) is 1.02. The third-order valence-electron chi connectivity index (χ3n) is 5.59. The fraction of sp³-hybridized carbons (Fsp3) is 0.632. The standard InChI is InChI=1S/C19H29N3O6S2/c1-28-17-9-8-15(14-18(17)30(26,27)20-16-6-3-4-7-16)19(23)21-10-5-11-22(13-12-21)29(2,24)25/h8-9,14,16,20H,3-7,10-13H2,1-2H3. The molecule has 1 saturated carbocycles. The van der Waals surface area contributed by atoms with Gasteiger partial charge >= 0.3 is 0 Å². The summed E-state index contributed by atoms with van der Waals surface area (Å²) in [7, 11) is -5.77. The molecule has 30 heavy (non-hydrogen) atoms. The fourth-order valence-electron chi connectivity index (χ4n) is 3.96. The van der Waals surface area contributed by atoms with Gasteiger partial charge < -0.3 is 9.64 Å². The minimum atomic E-state index is -3.84. The van der Waals surface area contributed by atoms with Crippen LogP contribution in [0.2, 0.25) is 0 Å². The zero-order chi connectivity index (χ0) is 21.9. The Kier molecular flexibility index (Phi) is 7.05. The molecule has 0 unspecified atom stereocenters. The molecule has 3 rings (SSSR count). The van der Waals surface area contributed by atoms with Gasteiger partial charge in [-0.15, -0.1) is 0 Å². The summed E-state index contributed by atoms with van der Waals surface area (Å²) in [6.45, 7) is 1.23. The summed E-state index contributed by atoms with van der Waals surface area (Å²) in [5.41, 5.74) is 0.232. The van der Waals surface area contributed by atoms with Gasteiger partial charge in [0.1, 0.15) is 10.6 Å². The molecule has 1 aliphatic heterocycles. The van der Waals surface area contributed by atoms with Gasteiger partial charge in [-0.25, -0.2) is 25.9 Å². The Morgan fingerprint density at radius 2 is 1.73 bits per heavy atom. The number of nitrogens with zero attached hydrogens (tertiary/aromatic N) is 2. The number of carbonyl (C=O) groups is 1. The maximum Gasteiger partial charge on any atom is 0.253 e. The number of methoxy groups -OCH3 is 1. The molecule has 1 amide bonds. The third kappa shape index (κ3) is 5.32. The molecular weight excluding hydrogens is 430 g/mol. The van der Waals surface area contributed by atoms with Gasteiger partial charge in [0, 0.05) is 37.8 Å². The molecule has 0 aromatic heterocycles. The number of hydrogen-bond acceptors (Lipinski definition) is 6. The molecule has 1 aromatic carbocycles. The van der Waals surface area contributed by atoms with E-state index in [0.29, 0.717) is 19.5 Å². The van der Waals surface area contributed by atoms with Crippen LogP contribution in [-0.4, -0.2) is 77.5 Å². The first-order valence-electron chi connectivity index (χ1n) is 10.1. The molecular formula is C19H29N3O6S2. The highest BCUT2D eigenvalue weighted by Crippen LogP contribution is 2.28. The lowest BCUT2D eigenvalue weighted by molar-refractivity contribution is 0.0764. The third-order valence-corrected chi connectivity index (χ3v) is 8.43.